The molecule has 0 atom stereocenters. The third-order valence-electron chi connectivity index (χ3n) is 4.59. The largest absolute Gasteiger partial charge is 0.371 e. The maximum atomic E-state index is 12.2. The van der Waals surface area contributed by atoms with Gasteiger partial charge in [0, 0.05) is 31.7 Å². The minimum absolute atomic E-state index is 0.0628. The molecule has 0 aliphatic heterocycles. The van der Waals surface area contributed by atoms with E-state index in [0.717, 1.165) is 11.0 Å². The lowest BCUT2D eigenvalue weighted by atomic mass is 10.2. The van der Waals surface area contributed by atoms with Gasteiger partial charge in [-0.3, -0.25) is 9.78 Å². The number of aryl methyl sites for hydroxylation is 2. The first-order valence-corrected chi connectivity index (χ1v) is 9.23. The molecule has 4 rings (SSSR count). The Hall–Kier alpha value is -4.59. The van der Waals surface area contributed by atoms with Crippen molar-refractivity contribution in [3.8, 4) is 17.6 Å². The lowest BCUT2D eigenvalue weighted by Crippen LogP contribution is -2.18. The molecule has 0 saturated heterocycles. The number of aromatic nitrogens is 6. The second-order valence-corrected chi connectivity index (χ2v) is 6.71. The van der Waals surface area contributed by atoms with Crippen molar-refractivity contribution in [3.63, 3.8) is 0 Å². The number of primary amides is 1. The highest BCUT2D eigenvalue weighted by Crippen LogP contribution is 2.30. The highest BCUT2D eigenvalue weighted by molar-refractivity contribution is 5.97. The Morgan fingerprint density at radius 2 is 2.00 bits per heavy atom. The first-order chi connectivity index (χ1) is 14.9. The second-order valence-electron chi connectivity index (χ2n) is 6.71. The quantitative estimate of drug-likeness (QED) is 0.443. The van der Waals surface area contributed by atoms with Gasteiger partial charge in [-0.05, 0) is 25.1 Å². The van der Waals surface area contributed by atoms with E-state index < -0.39 is 5.91 Å². The number of imidazole rings is 1. The van der Waals surface area contributed by atoms with E-state index in [0.29, 0.717) is 28.7 Å². The topological polar surface area (TPSA) is 160 Å². The molecule has 31 heavy (non-hydrogen) atoms. The predicted molar refractivity (Wildman–Crippen MR) is 115 cm³/mol. The average molecular weight is 414 g/mol. The highest BCUT2D eigenvalue weighted by Gasteiger charge is 2.22. The lowest BCUT2D eigenvalue weighted by Gasteiger charge is -2.14. The Labute approximate surface area is 177 Å². The van der Waals surface area contributed by atoms with Gasteiger partial charge in [0.2, 0.25) is 0 Å². The first kappa shape index (κ1) is 19.7. The molecule has 154 valence electrons. The molecule has 0 spiro atoms. The summed E-state index contributed by atoms with van der Waals surface area (Å²) in [6.07, 6.45) is 3.35. The number of nitrogens with two attached hydrogens (primary N) is 1. The molecule has 0 unspecified atom stereocenters. The van der Waals surface area contributed by atoms with Crippen LogP contribution in [0.15, 0.2) is 30.6 Å². The van der Waals surface area contributed by atoms with Crippen LogP contribution in [0.1, 0.15) is 21.9 Å². The Morgan fingerprint density at radius 3 is 2.68 bits per heavy atom. The zero-order valence-electron chi connectivity index (χ0n) is 17.0. The van der Waals surface area contributed by atoms with E-state index in [9.17, 15) is 4.79 Å². The number of fused-ring (bicyclic) bond motifs is 1. The van der Waals surface area contributed by atoms with Crippen LogP contribution in [0.25, 0.3) is 22.6 Å². The van der Waals surface area contributed by atoms with Crippen molar-refractivity contribution in [1.29, 1.82) is 5.26 Å². The lowest BCUT2D eigenvalue weighted by molar-refractivity contribution is 0.0996. The monoisotopic (exact) mass is 414 g/mol. The number of nitrogens with one attached hydrogen (secondary N) is 2. The molecule has 0 saturated carbocycles. The van der Waals surface area contributed by atoms with Gasteiger partial charge in [0.1, 0.15) is 17.5 Å². The van der Waals surface area contributed by atoms with Crippen molar-refractivity contribution in [2.45, 2.75) is 6.92 Å². The van der Waals surface area contributed by atoms with Crippen LogP contribution >= 0.6 is 0 Å². The van der Waals surface area contributed by atoms with E-state index in [1.54, 1.807) is 44.6 Å². The number of hydrogen-bond acceptors (Lipinski definition) is 9. The van der Waals surface area contributed by atoms with Crippen LogP contribution in [-0.2, 0) is 7.05 Å². The summed E-state index contributed by atoms with van der Waals surface area (Å²) in [4.78, 5) is 34.0. The third-order valence-corrected chi connectivity index (χ3v) is 4.59. The fourth-order valence-electron chi connectivity index (χ4n) is 3.21. The van der Waals surface area contributed by atoms with Gasteiger partial charge in [0.15, 0.2) is 23.2 Å². The second kappa shape index (κ2) is 7.68. The smallest absolute Gasteiger partial charge is 0.271 e. The fraction of sp³-hybridized carbons (Fsp3) is 0.150. The van der Waals surface area contributed by atoms with Crippen LogP contribution in [0.3, 0.4) is 0 Å². The molecule has 1 amide bonds. The fourth-order valence-corrected chi connectivity index (χ4v) is 3.21. The van der Waals surface area contributed by atoms with E-state index in [4.69, 9.17) is 11.0 Å². The summed E-state index contributed by atoms with van der Waals surface area (Å²) >= 11 is 0. The minimum Gasteiger partial charge on any atom is -0.371 e. The number of rotatable bonds is 5. The molecule has 0 aromatic carbocycles. The van der Waals surface area contributed by atoms with Crippen LogP contribution in [-0.4, -0.2) is 42.4 Å². The predicted octanol–water partition coefficient (Wildman–Crippen LogP) is 1.88. The number of amides is 1. The van der Waals surface area contributed by atoms with Crippen LogP contribution in [0.4, 0.5) is 17.3 Å². The van der Waals surface area contributed by atoms with Crippen molar-refractivity contribution in [3.05, 3.63) is 47.7 Å². The van der Waals surface area contributed by atoms with E-state index >= 15 is 0 Å². The van der Waals surface area contributed by atoms with E-state index in [2.05, 4.69) is 35.6 Å². The summed E-state index contributed by atoms with van der Waals surface area (Å²) in [7, 11) is 3.52. The summed E-state index contributed by atoms with van der Waals surface area (Å²) in [5.74, 6) is 0.284. The van der Waals surface area contributed by atoms with Crippen molar-refractivity contribution >= 4 is 34.3 Å². The molecule has 4 aromatic rings. The third kappa shape index (κ3) is 3.58. The maximum absolute atomic E-state index is 12.2. The molecule has 4 N–H and O–H groups in total. The van der Waals surface area contributed by atoms with Gasteiger partial charge in [0.05, 0.1) is 17.2 Å². The molecular weight excluding hydrogens is 396 g/mol. The Balaban J connectivity index is 1.87. The van der Waals surface area contributed by atoms with Gasteiger partial charge in [-0.15, -0.1) is 0 Å². The number of nitriles is 1. The molecule has 4 aromatic heterocycles. The zero-order chi connectivity index (χ0) is 22.1. The van der Waals surface area contributed by atoms with Crippen molar-refractivity contribution < 1.29 is 4.79 Å². The number of hydrogen-bond donors (Lipinski definition) is 3. The van der Waals surface area contributed by atoms with E-state index in [1.807, 2.05) is 17.7 Å². The number of nitrogens with zero attached hydrogens (tertiary/aromatic N) is 7. The molecular formula is C20H18N10O. The van der Waals surface area contributed by atoms with Crippen LogP contribution in [0.2, 0.25) is 0 Å². The summed E-state index contributed by atoms with van der Waals surface area (Å²) in [6.45, 7) is 1.76. The molecule has 0 radical (unpaired) electrons. The van der Waals surface area contributed by atoms with E-state index in [1.165, 1.54) is 0 Å². The number of pyridine rings is 2. The maximum Gasteiger partial charge on any atom is 0.271 e. The Morgan fingerprint density at radius 1 is 1.19 bits per heavy atom. The first-order valence-electron chi connectivity index (χ1n) is 9.23. The normalized spacial score (nSPS) is 10.6. The molecule has 11 heteroatoms. The summed E-state index contributed by atoms with van der Waals surface area (Å²) in [5, 5.41) is 15.2. The number of carbonyl (C=O) groups excluding carboxylic acids is 1. The summed E-state index contributed by atoms with van der Waals surface area (Å²) in [5.41, 5.74) is 8.84. The molecule has 0 fully saturated rings. The molecule has 0 aliphatic rings. The van der Waals surface area contributed by atoms with Crippen molar-refractivity contribution in [1.82, 2.24) is 29.5 Å². The van der Waals surface area contributed by atoms with Crippen molar-refractivity contribution in [2.75, 3.05) is 17.7 Å². The van der Waals surface area contributed by atoms with E-state index in [-0.39, 0.29) is 17.2 Å². The van der Waals surface area contributed by atoms with Gasteiger partial charge < -0.3 is 20.9 Å². The SMILES string of the molecule is CNc1nc(Nc2cc(C)nc(C#N)c2)c(C(N)=O)nc1-c1nc2ccncc2n1C. The van der Waals surface area contributed by atoms with Gasteiger partial charge in [0.25, 0.3) is 5.91 Å². The number of anilines is 3. The van der Waals surface area contributed by atoms with Crippen molar-refractivity contribution in [2.24, 2.45) is 12.8 Å². The molecule has 4 heterocycles. The number of carbonyl (C=O) groups is 1. The summed E-state index contributed by atoms with van der Waals surface area (Å²) in [6, 6.07) is 7.05. The average Bonchev–Trinajstić information content (AvgIpc) is 3.09. The minimum atomic E-state index is -0.759. The summed E-state index contributed by atoms with van der Waals surface area (Å²) < 4.78 is 1.82. The molecule has 0 bridgehead atoms. The van der Waals surface area contributed by atoms with Gasteiger partial charge in [-0.25, -0.2) is 19.9 Å². The molecule has 11 nitrogen and oxygen atoms in total. The standard InChI is InChI=1S/C20H18N10O/c1-10-6-11(7-12(8-21)25-10)26-19-15(17(22)31)28-16(18(23-2)29-19)20-27-13-4-5-24-9-14(13)30(20)3/h4-7,9H,1-3H3,(H2,22,31)(H2,23,25,26,29). The Kier molecular flexibility index (Phi) is 4.88. The van der Waals surface area contributed by atoms with Gasteiger partial charge >= 0.3 is 0 Å². The van der Waals surface area contributed by atoms with Crippen LogP contribution < -0.4 is 16.4 Å². The van der Waals surface area contributed by atoms with Gasteiger partial charge in [-0.1, -0.05) is 0 Å². The zero-order valence-corrected chi connectivity index (χ0v) is 17.0. The van der Waals surface area contributed by atoms with Gasteiger partial charge in [-0.2, -0.15) is 5.26 Å². The van der Waals surface area contributed by atoms with Crippen LogP contribution in [0.5, 0.6) is 0 Å². The Bertz CT molecular complexity index is 1370. The highest BCUT2D eigenvalue weighted by atomic mass is 16.1. The van der Waals surface area contributed by atoms with Crippen LogP contribution in [0, 0.1) is 18.3 Å². The molecule has 0 aliphatic carbocycles.